The zero-order chi connectivity index (χ0) is 23.0. The summed E-state index contributed by atoms with van der Waals surface area (Å²) in [5.74, 6) is 0.372. The number of pyridine rings is 1. The van der Waals surface area contributed by atoms with Gasteiger partial charge in [-0.2, -0.15) is 0 Å². The van der Waals surface area contributed by atoms with Crippen molar-refractivity contribution in [3.63, 3.8) is 0 Å². The second-order valence-corrected chi connectivity index (χ2v) is 8.13. The molecule has 4 rings (SSSR count). The Balaban J connectivity index is 1.33. The number of amides is 2. The number of para-hydroxylation sites is 2. The third-order valence-electron chi connectivity index (χ3n) is 5.87. The molecule has 7 nitrogen and oxygen atoms in total. The van der Waals surface area contributed by atoms with Crippen molar-refractivity contribution in [2.45, 2.75) is 19.4 Å². The molecule has 1 aliphatic rings. The van der Waals surface area contributed by atoms with Crippen molar-refractivity contribution in [3.05, 3.63) is 84.2 Å². The molecule has 170 valence electrons. The van der Waals surface area contributed by atoms with Crippen LogP contribution in [0.2, 0.25) is 0 Å². The van der Waals surface area contributed by atoms with Gasteiger partial charge in [-0.3, -0.25) is 19.5 Å². The van der Waals surface area contributed by atoms with Crippen LogP contribution in [0.1, 0.15) is 28.8 Å². The summed E-state index contributed by atoms with van der Waals surface area (Å²) < 4.78 is 5.14. The first kappa shape index (κ1) is 22.5. The van der Waals surface area contributed by atoms with Gasteiger partial charge in [-0.1, -0.05) is 18.2 Å². The minimum Gasteiger partial charge on any atom is -0.497 e. The summed E-state index contributed by atoms with van der Waals surface area (Å²) in [6.45, 7) is 2.58. The van der Waals surface area contributed by atoms with Crippen LogP contribution >= 0.6 is 0 Å². The summed E-state index contributed by atoms with van der Waals surface area (Å²) in [5, 5.41) is 5.92. The number of benzene rings is 2. The molecular formula is C26H28N4O3. The average Bonchev–Trinajstić information content (AvgIpc) is 2.86. The van der Waals surface area contributed by atoms with E-state index in [-0.39, 0.29) is 17.7 Å². The van der Waals surface area contributed by atoms with Crippen molar-refractivity contribution in [2.24, 2.45) is 5.92 Å². The Kier molecular flexibility index (Phi) is 7.32. The molecule has 2 N–H and O–H groups in total. The van der Waals surface area contributed by atoms with Crippen LogP contribution in [-0.4, -0.2) is 41.9 Å². The third kappa shape index (κ3) is 5.96. The average molecular weight is 445 g/mol. The van der Waals surface area contributed by atoms with Crippen molar-refractivity contribution in [2.75, 3.05) is 30.8 Å². The van der Waals surface area contributed by atoms with Gasteiger partial charge in [0.05, 0.1) is 18.5 Å². The number of ether oxygens (including phenoxy) is 1. The van der Waals surface area contributed by atoms with Gasteiger partial charge in [0, 0.05) is 30.4 Å². The maximum Gasteiger partial charge on any atom is 0.255 e. The Bertz CT molecular complexity index is 1080. The molecule has 0 radical (unpaired) electrons. The number of carbonyl (C=O) groups is 2. The van der Waals surface area contributed by atoms with Crippen molar-refractivity contribution in [1.82, 2.24) is 9.88 Å². The molecule has 0 saturated carbocycles. The van der Waals surface area contributed by atoms with Crippen LogP contribution in [0.4, 0.5) is 11.4 Å². The molecular weight excluding hydrogens is 416 g/mol. The fraction of sp³-hybridized carbons (Fsp3) is 0.269. The number of hydrogen-bond acceptors (Lipinski definition) is 5. The Morgan fingerprint density at radius 3 is 2.30 bits per heavy atom. The number of methoxy groups -OCH3 is 1. The Morgan fingerprint density at radius 1 is 0.970 bits per heavy atom. The fourth-order valence-corrected chi connectivity index (χ4v) is 3.98. The number of rotatable bonds is 7. The quantitative estimate of drug-likeness (QED) is 0.571. The summed E-state index contributed by atoms with van der Waals surface area (Å²) in [7, 11) is 1.58. The van der Waals surface area contributed by atoms with Crippen LogP contribution in [0.5, 0.6) is 5.75 Å². The summed E-state index contributed by atoms with van der Waals surface area (Å²) in [4.78, 5) is 32.1. The highest BCUT2D eigenvalue weighted by Gasteiger charge is 2.25. The number of nitrogens with one attached hydrogen (secondary N) is 2. The summed E-state index contributed by atoms with van der Waals surface area (Å²) in [5.41, 5.74) is 2.86. The van der Waals surface area contributed by atoms with Gasteiger partial charge >= 0.3 is 0 Å². The minimum atomic E-state index is -0.247. The van der Waals surface area contributed by atoms with Gasteiger partial charge < -0.3 is 15.4 Å². The van der Waals surface area contributed by atoms with Crippen LogP contribution < -0.4 is 15.4 Å². The maximum atomic E-state index is 12.9. The van der Waals surface area contributed by atoms with E-state index in [1.165, 1.54) is 5.56 Å². The molecule has 3 aromatic rings. The Labute approximate surface area is 193 Å². The maximum absolute atomic E-state index is 12.9. The van der Waals surface area contributed by atoms with Crippen molar-refractivity contribution < 1.29 is 14.3 Å². The molecule has 0 atom stereocenters. The minimum absolute atomic E-state index is 0.0119. The lowest BCUT2D eigenvalue weighted by Gasteiger charge is -2.31. The molecule has 0 unspecified atom stereocenters. The van der Waals surface area contributed by atoms with E-state index < -0.39 is 0 Å². The molecule has 1 fully saturated rings. The van der Waals surface area contributed by atoms with E-state index in [0.717, 1.165) is 32.5 Å². The summed E-state index contributed by atoms with van der Waals surface area (Å²) in [6.07, 6.45) is 5.26. The van der Waals surface area contributed by atoms with Gasteiger partial charge in [0.15, 0.2) is 0 Å². The van der Waals surface area contributed by atoms with E-state index in [4.69, 9.17) is 4.74 Å². The SMILES string of the molecule is COc1ccc(C(=O)Nc2ccccc2NC(=O)C2CCN(Cc3cccnc3)CC2)cc1. The molecule has 1 aliphatic heterocycles. The zero-order valence-electron chi connectivity index (χ0n) is 18.7. The lowest BCUT2D eigenvalue weighted by Crippen LogP contribution is -2.37. The first-order chi connectivity index (χ1) is 16.1. The predicted molar refractivity (Wildman–Crippen MR) is 128 cm³/mol. The number of carbonyl (C=O) groups excluding carboxylic acids is 2. The molecule has 7 heteroatoms. The van der Waals surface area contributed by atoms with Crippen molar-refractivity contribution in [1.29, 1.82) is 0 Å². The molecule has 2 heterocycles. The van der Waals surface area contributed by atoms with Gasteiger partial charge in [0.2, 0.25) is 5.91 Å². The highest BCUT2D eigenvalue weighted by Crippen LogP contribution is 2.25. The fourth-order valence-electron chi connectivity index (χ4n) is 3.98. The normalized spacial score (nSPS) is 14.5. The largest absolute Gasteiger partial charge is 0.497 e. The van der Waals surface area contributed by atoms with Gasteiger partial charge in [-0.05, 0) is 74.0 Å². The molecule has 1 aromatic heterocycles. The van der Waals surface area contributed by atoms with Gasteiger partial charge in [-0.25, -0.2) is 0 Å². The molecule has 0 aliphatic carbocycles. The summed E-state index contributed by atoms with van der Waals surface area (Å²) >= 11 is 0. The van der Waals surface area contributed by atoms with E-state index in [0.29, 0.717) is 22.7 Å². The summed E-state index contributed by atoms with van der Waals surface area (Å²) in [6, 6.07) is 18.2. The van der Waals surface area contributed by atoms with E-state index in [1.807, 2.05) is 24.4 Å². The van der Waals surface area contributed by atoms with Crippen molar-refractivity contribution >= 4 is 23.2 Å². The first-order valence-electron chi connectivity index (χ1n) is 11.1. The van der Waals surface area contributed by atoms with Crippen LogP contribution in [0.3, 0.4) is 0 Å². The topological polar surface area (TPSA) is 83.6 Å². The Hall–Kier alpha value is -3.71. The zero-order valence-corrected chi connectivity index (χ0v) is 18.7. The number of hydrogen-bond donors (Lipinski definition) is 2. The standard InChI is InChI=1S/C26H28N4O3/c1-33-22-10-8-20(9-11-22)25(31)28-23-6-2-3-7-24(23)29-26(32)21-12-15-30(16-13-21)18-19-5-4-14-27-17-19/h2-11,14,17,21H,12-13,15-16,18H2,1H3,(H,28,31)(H,29,32). The van der Waals surface area contributed by atoms with E-state index in [9.17, 15) is 9.59 Å². The van der Waals surface area contributed by atoms with E-state index in [2.05, 4.69) is 26.6 Å². The Morgan fingerprint density at radius 2 is 1.67 bits per heavy atom. The van der Waals surface area contributed by atoms with Gasteiger partial charge in [0.25, 0.3) is 5.91 Å². The molecule has 1 saturated heterocycles. The van der Waals surface area contributed by atoms with Crippen LogP contribution in [-0.2, 0) is 11.3 Å². The van der Waals surface area contributed by atoms with E-state index >= 15 is 0 Å². The van der Waals surface area contributed by atoms with Gasteiger partial charge in [-0.15, -0.1) is 0 Å². The van der Waals surface area contributed by atoms with Crippen LogP contribution in [0, 0.1) is 5.92 Å². The molecule has 2 amide bonds. The monoisotopic (exact) mass is 444 g/mol. The highest BCUT2D eigenvalue weighted by atomic mass is 16.5. The highest BCUT2D eigenvalue weighted by molar-refractivity contribution is 6.07. The van der Waals surface area contributed by atoms with Crippen LogP contribution in [0.25, 0.3) is 0 Å². The number of likely N-dealkylation sites (tertiary alicyclic amines) is 1. The van der Waals surface area contributed by atoms with Gasteiger partial charge in [0.1, 0.15) is 5.75 Å². The molecule has 2 aromatic carbocycles. The molecule has 33 heavy (non-hydrogen) atoms. The lowest BCUT2D eigenvalue weighted by molar-refractivity contribution is -0.121. The third-order valence-corrected chi connectivity index (χ3v) is 5.87. The smallest absolute Gasteiger partial charge is 0.255 e. The second kappa shape index (κ2) is 10.7. The predicted octanol–water partition coefficient (Wildman–Crippen LogP) is 4.19. The van der Waals surface area contributed by atoms with Crippen molar-refractivity contribution in [3.8, 4) is 5.75 Å². The number of nitrogens with zero attached hydrogens (tertiary/aromatic N) is 2. The number of anilines is 2. The number of aromatic nitrogens is 1. The molecule has 0 spiro atoms. The molecule has 0 bridgehead atoms. The second-order valence-electron chi connectivity index (χ2n) is 8.13. The number of piperidine rings is 1. The van der Waals surface area contributed by atoms with Crippen LogP contribution in [0.15, 0.2) is 73.1 Å². The van der Waals surface area contributed by atoms with E-state index in [1.54, 1.807) is 49.7 Å². The lowest BCUT2D eigenvalue weighted by atomic mass is 9.95. The first-order valence-corrected chi connectivity index (χ1v) is 11.1.